The fourth-order valence-electron chi connectivity index (χ4n) is 2.97. The minimum Gasteiger partial charge on any atom is -0.324 e. The van der Waals surface area contributed by atoms with Crippen molar-refractivity contribution in [2.75, 3.05) is 19.6 Å². The van der Waals surface area contributed by atoms with Gasteiger partial charge in [-0.05, 0) is 19.3 Å². The Morgan fingerprint density at radius 3 is 2.39 bits per heavy atom. The van der Waals surface area contributed by atoms with Crippen LogP contribution in [0.2, 0.25) is 0 Å². The third-order valence-corrected chi connectivity index (χ3v) is 4.05. The van der Waals surface area contributed by atoms with Crippen molar-refractivity contribution in [1.29, 1.82) is 0 Å². The van der Waals surface area contributed by atoms with Crippen molar-refractivity contribution in [3.05, 3.63) is 11.6 Å². The number of hydrogen-bond donors (Lipinski definition) is 1. The van der Waals surface area contributed by atoms with Crippen LogP contribution >= 0.6 is 0 Å². The summed E-state index contributed by atoms with van der Waals surface area (Å²) in [5.74, 6) is 0. The fraction of sp³-hybridized carbons (Fsp3) is 0.846. The molecule has 0 amide bonds. The van der Waals surface area contributed by atoms with E-state index < -0.39 is 6.18 Å². The van der Waals surface area contributed by atoms with Gasteiger partial charge in [0.25, 0.3) is 0 Å². The lowest BCUT2D eigenvalue weighted by Gasteiger charge is -2.39. The van der Waals surface area contributed by atoms with Crippen LogP contribution in [0.25, 0.3) is 0 Å². The molecule has 0 radical (unpaired) electrons. The summed E-state index contributed by atoms with van der Waals surface area (Å²) in [6.45, 7) is 1.59. The summed E-state index contributed by atoms with van der Waals surface area (Å²) in [6, 6.07) is 0. The first kappa shape index (κ1) is 13.9. The Morgan fingerprint density at radius 1 is 1.22 bits per heavy atom. The second-order valence-electron chi connectivity index (χ2n) is 5.64. The van der Waals surface area contributed by atoms with E-state index in [1.807, 2.05) is 0 Å². The lowest BCUT2D eigenvalue weighted by atomic mass is 9.82. The Kier molecular flexibility index (Phi) is 4.02. The van der Waals surface area contributed by atoms with Gasteiger partial charge >= 0.3 is 6.18 Å². The van der Waals surface area contributed by atoms with Crippen LogP contribution in [0.1, 0.15) is 38.5 Å². The SMILES string of the molecule is NC1(CN2CC=C(C(F)(F)F)CC2)CCCCC1. The molecule has 0 atom stereocenters. The number of rotatable bonds is 2. The van der Waals surface area contributed by atoms with E-state index in [-0.39, 0.29) is 17.5 Å². The van der Waals surface area contributed by atoms with Gasteiger partial charge in [0.1, 0.15) is 0 Å². The molecule has 0 aromatic heterocycles. The summed E-state index contributed by atoms with van der Waals surface area (Å²) in [5, 5.41) is 0. The third-order valence-electron chi connectivity index (χ3n) is 4.05. The van der Waals surface area contributed by atoms with Crippen LogP contribution in [-0.2, 0) is 0 Å². The second kappa shape index (κ2) is 5.21. The number of alkyl halides is 3. The zero-order valence-electron chi connectivity index (χ0n) is 10.6. The first-order valence-corrected chi connectivity index (χ1v) is 6.67. The minimum atomic E-state index is -4.16. The van der Waals surface area contributed by atoms with Crippen LogP contribution in [0.3, 0.4) is 0 Å². The highest BCUT2D eigenvalue weighted by atomic mass is 19.4. The summed E-state index contributed by atoms with van der Waals surface area (Å²) in [4.78, 5) is 2.06. The van der Waals surface area contributed by atoms with Crippen molar-refractivity contribution >= 4 is 0 Å². The number of halogens is 3. The summed E-state index contributed by atoms with van der Waals surface area (Å²) in [6.07, 6.45) is 2.78. The predicted octanol–water partition coefficient (Wildman–Crippen LogP) is 2.84. The minimum absolute atomic E-state index is 0.0968. The maximum atomic E-state index is 12.5. The standard InChI is InChI=1S/C13H21F3N2/c14-13(15,16)11-4-8-18(9-5-11)10-12(17)6-2-1-3-7-12/h4H,1-3,5-10,17H2. The van der Waals surface area contributed by atoms with Crippen molar-refractivity contribution in [1.82, 2.24) is 4.90 Å². The fourth-order valence-corrected chi connectivity index (χ4v) is 2.97. The molecule has 18 heavy (non-hydrogen) atoms. The molecule has 0 saturated heterocycles. The molecule has 0 aromatic carbocycles. The van der Waals surface area contributed by atoms with Crippen molar-refractivity contribution in [3.63, 3.8) is 0 Å². The summed E-state index contributed by atoms with van der Waals surface area (Å²) in [7, 11) is 0. The van der Waals surface area contributed by atoms with Gasteiger partial charge < -0.3 is 5.73 Å². The van der Waals surface area contributed by atoms with Crippen molar-refractivity contribution in [2.45, 2.75) is 50.2 Å². The van der Waals surface area contributed by atoms with Gasteiger partial charge in [0.2, 0.25) is 0 Å². The van der Waals surface area contributed by atoms with Crippen LogP contribution in [0.5, 0.6) is 0 Å². The third kappa shape index (κ3) is 3.48. The maximum Gasteiger partial charge on any atom is 0.412 e. The van der Waals surface area contributed by atoms with Gasteiger partial charge in [-0.2, -0.15) is 13.2 Å². The Morgan fingerprint density at radius 2 is 1.89 bits per heavy atom. The molecule has 2 nitrogen and oxygen atoms in total. The maximum absolute atomic E-state index is 12.5. The number of nitrogens with zero attached hydrogens (tertiary/aromatic N) is 1. The molecule has 5 heteroatoms. The molecule has 1 aliphatic heterocycles. The molecule has 1 saturated carbocycles. The Balaban J connectivity index is 1.88. The lowest BCUT2D eigenvalue weighted by molar-refractivity contribution is -0.0961. The largest absolute Gasteiger partial charge is 0.412 e. The van der Waals surface area contributed by atoms with Gasteiger partial charge in [0.15, 0.2) is 0 Å². The summed E-state index contributed by atoms with van der Waals surface area (Å²) >= 11 is 0. The van der Waals surface area contributed by atoms with E-state index >= 15 is 0 Å². The average molecular weight is 262 g/mol. The molecule has 1 heterocycles. The molecule has 104 valence electrons. The van der Waals surface area contributed by atoms with E-state index in [1.54, 1.807) is 0 Å². The second-order valence-corrected chi connectivity index (χ2v) is 5.64. The zero-order valence-corrected chi connectivity index (χ0v) is 10.6. The molecule has 1 fully saturated rings. The number of hydrogen-bond acceptors (Lipinski definition) is 2. The van der Waals surface area contributed by atoms with E-state index in [4.69, 9.17) is 5.73 Å². The first-order chi connectivity index (χ1) is 8.39. The van der Waals surface area contributed by atoms with Gasteiger partial charge in [-0.25, -0.2) is 0 Å². The van der Waals surface area contributed by atoms with Gasteiger partial charge in [-0.1, -0.05) is 25.3 Å². The normalized spacial score (nSPS) is 25.9. The highest BCUT2D eigenvalue weighted by Crippen LogP contribution is 2.32. The van der Waals surface area contributed by atoms with E-state index in [2.05, 4.69) is 4.90 Å². The zero-order chi connectivity index (χ0) is 13.2. The van der Waals surface area contributed by atoms with Gasteiger partial charge in [-0.3, -0.25) is 4.90 Å². The smallest absolute Gasteiger partial charge is 0.324 e. The van der Waals surface area contributed by atoms with E-state index in [9.17, 15) is 13.2 Å². The van der Waals surface area contributed by atoms with E-state index in [0.717, 1.165) is 32.2 Å². The van der Waals surface area contributed by atoms with E-state index in [0.29, 0.717) is 13.1 Å². The molecule has 0 aromatic rings. The summed E-state index contributed by atoms with van der Waals surface area (Å²) < 4.78 is 37.5. The Hall–Kier alpha value is -0.550. The lowest BCUT2D eigenvalue weighted by Crippen LogP contribution is -2.52. The van der Waals surface area contributed by atoms with Crippen LogP contribution in [-0.4, -0.2) is 36.2 Å². The first-order valence-electron chi connectivity index (χ1n) is 6.67. The molecular weight excluding hydrogens is 241 g/mol. The molecule has 0 unspecified atom stereocenters. The molecular formula is C13H21F3N2. The van der Waals surface area contributed by atoms with Gasteiger partial charge in [0, 0.05) is 30.7 Å². The van der Waals surface area contributed by atoms with Crippen molar-refractivity contribution in [2.24, 2.45) is 5.73 Å². The Labute approximate surface area is 106 Å². The molecule has 2 aliphatic rings. The topological polar surface area (TPSA) is 29.3 Å². The Bertz CT molecular complexity index is 317. The van der Waals surface area contributed by atoms with E-state index in [1.165, 1.54) is 12.5 Å². The highest BCUT2D eigenvalue weighted by Gasteiger charge is 2.36. The number of nitrogens with two attached hydrogens (primary N) is 1. The van der Waals surface area contributed by atoms with Crippen LogP contribution in [0.15, 0.2) is 11.6 Å². The van der Waals surface area contributed by atoms with Gasteiger partial charge in [0.05, 0.1) is 0 Å². The van der Waals surface area contributed by atoms with Crippen molar-refractivity contribution in [3.8, 4) is 0 Å². The highest BCUT2D eigenvalue weighted by molar-refractivity contribution is 5.13. The quantitative estimate of drug-likeness (QED) is 0.775. The monoisotopic (exact) mass is 262 g/mol. The predicted molar refractivity (Wildman–Crippen MR) is 65.2 cm³/mol. The molecule has 2 N–H and O–H groups in total. The summed E-state index contributed by atoms with van der Waals surface area (Å²) in [5.41, 5.74) is 5.77. The van der Waals surface area contributed by atoms with Crippen LogP contribution in [0.4, 0.5) is 13.2 Å². The van der Waals surface area contributed by atoms with Gasteiger partial charge in [-0.15, -0.1) is 0 Å². The van der Waals surface area contributed by atoms with Crippen molar-refractivity contribution < 1.29 is 13.2 Å². The van der Waals surface area contributed by atoms with Crippen LogP contribution < -0.4 is 5.73 Å². The molecule has 2 rings (SSSR count). The van der Waals surface area contributed by atoms with Crippen LogP contribution in [0, 0.1) is 0 Å². The average Bonchev–Trinajstić information content (AvgIpc) is 2.29. The molecule has 0 bridgehead atoms. The molecule has 1 aliphatic carbocycles. The molecule has 0 spiro atoms.